The van der Waals surface area contributed by atoms with Crippen molar-refractivity contribution in [2.24, 2.45) is 0 Å². The summed E-state index contributed by atoms with van der Waals surface area (Å²) in [6.45, 7) is 7.37. The molecule has 1 aliphatic rings. The van der Waals surface area contributed by atoms with Gasteiger partial charge in [0.05, 0.1) is 6.61 Å². The minimum absolute atomic E-state index is 0.0494. The molecule has 0 bridgehead atoms. The third-order valence-electron chi connectivity index (χ3n) is 2.85. The van der Waals surface area contributed by atoms with Gasteiger partial charge in [-0.15, -0.1) is 6.58 Å². The smallest absolute Gasteiger partial charge is 0.303 e. The van der Waals surface area contributed by atoms with Gasteiger partial charge >= 0.3 is 17.9 Å². The minimum Gasteiger partial charge on any atom is -0.456 e. The van der Waals surface area contributed by atoms with Crippen molar-refractivity contribution in [3.63, 3.8) is 0 Å². The van der Waals surface area contributed by atoms with E-state index in [1.54, 1.807) is 6.08 Å². The lowest BCUT2D eigenvalue weighted by Crippen LogP contribution is -2.57. The van der Waals surface area contributed by atoms with Crippen molar-refractivity contribution in [3.8, 4) is 0 Å². The Labute approximate surface area is 123 Å². The second kappa shape index (κ2) is 7.78. The fourth-order valence-electron chi connectivity index (χ4n) is 2.18. The van der Waals surface area contributed by atoms with Crippen molar-refractivity contribution < 1.29 is 33.3 Å². The summed E-state index contributed by atoms with van der Waals surface area (Å²) in [6, 6.07) is 0. The molecule has 7 heteroatoms. The Balaban J connectivity index is 2.99. The van der Waals surface area contributed by atoms with Crippen molar-refractivity contribution >= 4 is 17.9 Å². The molecule has 0 radical (unpaired) electrons. The summed E-state index contributed by atoms with van der Waals surface area (Å²) < 4.78 is 21.0. The van der Waals surface area contributed by atoms with Crippen molar-refractivity contribution in [1.29, 1.82) is 0 Å². The van der Waals surface area contributed by atoms with Gasteiger partial charge in [0.15, 0.2) is 18.3 Å². The first kappa shape index (κ1) is 17.2. The zero-order valence-corrected chi connectivity index (χ0v) is 12.4. The molecule has 0 spiro atoms. The van der Waals surface area contributed by atoms with Gasteiger partial charge in [-0.05, 0) is 6.42 Å². The zero-order valence-electron chi connectivity index (χ0n) is 12.4. The molecular weight excluding hydrogens is 280 g/mol. The third-order valence-corrected chi connectivity index (χ3v) is 2.85. The number of rotatable bonds is 5. The summed E-state index contributed by atoms with van der Waals surface area (Å²) in [5, 5.41) is 0. The molecule has 21 heavy (non-hydrogen) atoms. The van der Waals surface area contributed by atoms with Gasteiger partial charge in [0, 0.05) is 20.8 Å². The molecule has 1 aliphatic heterocycles. The Morgan fingerprint density at radius 3 is 2.05 bits per heavy atom. The second-order valence-electron chi connectivity index (χ2n) is 4.69. The van der Waals surface area contributed by atoms with Gasteiger partial charge in [0.1, 0.15) is 6.10 Å². The summed E-state index contributed by atoms with van der Waals surface area (Å²) in [6.07, 6.45) is -1.09. The highest BCUT2D eigenvalue weighted by molar-refractivity contribution is 5.68. The van der Waals surface area contributed by atoms with Crippen LogP contribution in [0.5, 0.6) is 0 Å². The Kier molecular flexibility index (Phi) is 6.36. The van der Waals surface area contributed by atoms with E-state index < -0.39 is 42.3 Å². The van der Waals surface area contributed by atoms with Crippen LogP contribution in [0.2, 0.25) is 0 Å². The van der Waals surface area contributed by atoms with Crippen LogP contribution in [-0.2, 0) is 33.3 Å². The molecule has 0 aromatic rings. The van der Waals surface area contributed by atoms with E-state index in [-0.39, 0.29) is 6.61 Å². The Bertz CT molecular complexity index is 418. The highest BCUT2D eigenvalue weighted by Crippen LogP contribution is 2.26. The van der Waals surface area contributed by atoms with Crippen LogP contribution in [0.4, 0.5) is 0 Å². The van der Waals surface area contributed by atoms with Gasteiger partial charge < -0.3 is 18.9 Å². The van der Waals surface area contributed by atoms with Gasteiger partial charge in [0.25, 0.3) is 0 Å². The SMILES string of the molecule is C=CC[C@@H]1OC[C@@H](OC(C)=O)[C@@H](OC(C)=O)[C@@H]1OC(C)=O. The van der Waals surface area contributed by atoms with Crippen LogP contribution in [-0.4, -0.2) is 48.9 Å². The van der Waals surface area contributed by atoms with Crippen LogP contribution in [0.1, 0.15) is 27.2 Å². The number of hydrogen-bond acceptors (Lipinski definition) is 7. The minimum atomic E-state index is -0.908. The molecule has 4 atom stereocenters. The molecule has 0 saturated carbocycles. The van der Waals surface area contributed by atoms with E-state index in [1.807, 2.05) is 0 Å². The van der Waals surface area contributed by atoms with Crippen molar-refractivity contribution in [3.05, 3.63) is 12.7 Å². The van der Waals surface area contributed by atoms with Crippen LogP contribution >= 0.6 is 0 Å². The molecular formula is C14H20O7. The molecule has 1 heterocycles. The van der Waals surface area contributed by atoms with E-state index in [1.165, 1.54) is 20.8 Å². The largest absolute Gasteiger partial charge is 0.456 e. The zero-order chi connectivity index (χ0) is 16.0. The lowest BCUT2D eigenvalue weighted by molar-refractivity contribution is -0.225. The van der Waals surface area contributed by atoms with Crippen LogP contribution in [0, 0.1) is 0 Å². The van der Waals surface area contributed by atoms with Crippen LogP contribution < -0.4 is 0 Å². The van der Waals surface area contributed by atoms with Gasteiger partial charge in [-0.3, -0.25) is 14.4 Å². The van der Waals surface area contributed by atoms with Crippen LogP contribution in [0.25, 0.3) is 0 Å². The molecule has 1 fully saturated rings. The number of esters is 3. The highest BCUT2D eigenvalue weighted by atomic mass is 16.6. The molecule has 7 nitrogen and oxygen atoms in total. The van der Waals surface area contributed by atoms with E-state index in [0.717, 1.165) is 0 Å². The van der Waals surface area contributed by atoms with Crippen molar-refractivity contribution in [2.45, 2.75) is 51.6 Å². The van der Waals surface area contributed by atoms with E-state index >= 15 is 0 Å². The summed E-state index contributed by atoms with van der Waals surface area (Å²) in [4.78, 5) is 33.7. The number of ether oxygens (including phenoxy) is 4. The van der Waals surface area contributed by atoms with Crippen molar-refractivity contribution in [1.82, 2.24) is 0 Å². The lowest BCUT2D eigenvalue weighted by Gasteiger charge is -2.40. The predicted molar refractivity (Wildman–Crippen MR) is 71.2 cm³/mol. The average molecular weight is 300 g/mol. The number of carbonyl (C=O) groups is 3. The molecule has 0 amide bonds. The monoisotopic (exact) mass is 300 g/mol. The number of carbonyl (C=O) groups excluding carboxylic acids is 3. The summed E-state index contributed by atoms with van der Waals surface area (Å²) in [7, 11) is 0. The maximum absolute atomic E-state index is 11.3. The normalized spacial score (nSPS) is 28.3. The second-order valence-corrected chi connectivity index (χ2v) is 4.69. The van der Waals surface area contributed by atoms with Gasteiger partial charge in [-0.1, -0.05) is 6.08 Å². The maximum Gasteiger partial charge on any atom is 0.303 e. The molecule has 0 aliphatic carbocycles. The molecule has 1 rings (SSSR count). The molecule has 0 unspecified atom stereocenters. The van der Waals surface area contributed by atoms with E-state index in [0.29, 0.717) is 6.42 Å². The first-order chi connectivity index (χ1) is 9.85. The fraction of sp³-hybridized carbons (Fsp3) is 0.643. The Morgan fingerprint density at radius 2 is 1.57 bits per heavy atom. The summed E-state index contributed by atoms with van der Waals surface area (Å²) in [5.41, 5.74) is 0. The van der Waals surface area contributed by atoms with Crippen LogP contribution in [0.3, 0.4) is 0 Å². The summed E-state index contributed by atoms with van der Waals surface area (Å²) >= 11 is 0. The first-order valence-corrected chi connectivity index (χ1v) is 6.59. The Hall–Kier alpha value is -1.89. The molecule has 0 aromatic carbocycles. The summed E-state index contributed by atoms with van der Waals surface area (Å²) in [5.74, 6) is -1.64. The standard InChI is InChI=1S/C14H20O7/c1-5-6-11-13(20-9(3)16)14(21-10(4)17)12(7-18-11)19-8(2)15/h5,11-14H,1,6-7H2,2-4H3/t11-,12+,13+,14+/m0/s1. The topological polar surface area (TPSA) is 88.1 Å². The van der Waals surface area contributed by atoms with E-state index in [4.69, 9.17) is 18.9 Å². The van der Waals surface area contributed by atoms with Gasteiger partial charge in [-0.2, -0.15) is 0 Å². The van der Waals surface area contributed by atoms with Crippen molar-refractivity contribution in [2.75, 3.05) is 6.61 Å². The van der Waals surface area contributed by atoms with Gasteiger partial charge in [-0.25, -0.2) is 0 Å². The maximum atomic E-state index is 11.3. The number of hydrogen-bond donors (Lipinski definition) is 0. The van der Waals surface area contributed by atoms with Gasteiger partial charge in [0.2, 0.25) is 0 Å². The predicted octanol–water partition coefficient (Wildman–Crippen LogP) is 0.756. The quantitative estimate of drug-likeness (QED) is 0.420. The molecule has 118 valence electrons. The third kappa shape index (κ3) is 5.18. The van der Waals surface area contributed by atoms with E-state index in [2.05, 4.69) is 6.58 Å². The highest BCUT2D eigenvalue weighted by Gasteiger charge is 2.46. The van der Waals surface area contributed by atoms with Crippen LogP contribution in [0.15, 0.2) is 12.7 Å². The fourth-order valence-corrected chi connectivity index (χ4v) is 2.18. The molecule has 0 N–H and O–H groups in total. The molecule has 1 saturated heterocycles. The average Bonchev–Trinajstić information content (AvgIpc) is 2.35. The first-order valence-electron chi connectivity index (χ1n) is 6.59. The van der Waals surface area contributed by atoms with E-state index in [9.17, 15) is 14.4 Å². The molecule has 0 aromatic heterocycles. The lowest BCUT2D eigenvalue weighted by atomic mass is 9.97. The Morgan fingerprint density at radius 1 is 1.05 bits per heavy atom.